The summed E-state index contributed by atoms with van der Waals surface area (Å²) < 4.78 is 14.8. The number of nitrogens with zero attached hydrogens (tertiary/aromatic N) is 5. The largest absolute Gasteiger partial charge is 0.356 e. The van der Waals surface area contributed by atoms with Crippen LogP contribution in [-0.4, -0.2) is 32.8 Å². The van der Waals surface area contributed by atoms with Crippen LogP contribution in [0.1, 0.15) is 12.8 Å². The summed E-state index contributed by atoms with van der Waals surface area (Å²) in [6.45, 7) is 2.04. The molecule has 1 aromatic carbocycles. The molecule has 6 heteroatoms. The number of rotatable bonds is 2. The highest BCUT2D eigenvalue weighted by Gasteiger charge is 2.18. The van der Waals surface area contributed by atoms with Crippen molar-refractivity contribution >= 4 is 16.9 Å². The third-order valence-corrected chi connectivity index (χ3v) is 3.82. The molecule has 1 fully saturated rings. The molecule has 0 amide bonds. The quantitative estimate of drug-likeness (QED) is 0.725. The summed E-state index contributed by atoms with van der Waals surface area (Å²) in [6, 6.07) is 6.23. The van der Waals surface area contributed by atoms with Crippen LogP contribution < -0.4 is 4.90 Å². The van der Waals surface area contributed by atoms with Crippen LogP contribution in [0.4, 0.5) is 10.2 Å². The van der Waals surface area contributed by atoms with Gasteiger partial charge in [-0.3, -0.25) is 0 Å². The number of hydrogen-bond acceptors (Lipinski definition) is 4. The van der Waals surface area contributed by atoms with Crippen molar-refractivity contribution < 1.29 is 4.39 Å². The van der Waals surface area contributed by atoms with Crippen LogP contribution in [0.5, 0.6) is 0 Å². The minimum absolute atomic E-state index is 0.261. The van der Waals surface area contributed by atoms with Crippen molar-refractivity contribution in [1.29, 1.82) is 0 Å². The lowest BCUT2D eigenvalue weighted by atomic mass is 10.3. The molecule has 0 N–H and O–H groups in total. The number of benzene rings is 1. The molecule has 2 aromatic heterocycles. The van der Waals surface area contributed by atoms with Crippen molar-refractivity contribution in [3.8, 4) is 5.69 Å². The van der Waals surface area contributed by atoms with E-state index < -0.39 is 0 Å². The van der Waals surface area contributed by atoms with E-state index in [1.165, 1.54) is 25.0 Å². The molecular weight excluding hydrogens is 269 g/mol. The molecule has 0 unspecified atom stereocenters. The number of anilines is 1. The Balaban J connectivity index is 1.85. The molecule has 1 aliphatic rings. The molecule has 106 valence electrons. The van der Waals surface area contributed by atoms with Crippen LogP contribution in [0.3, 0.4) is 0 Å². The molecule has 0 aliphatic carbocycles. The molecule has 0 atom stereocenters. The van der Waals surface area contributed by atoms with Crippen molar-refractivity contribution in [3.05, 3.63) is 42.6 Å². The highest BCUT2D eigenvalue weighted by atomic mass is 19.1. The summed E-state index contributed by atoms with van der Waals surface area (Å²) in [4.78, 5) is 11.0. The van der Waals surface area contributed by atoms with Crippen molar-refractivity contribution in [2.75, 3.05) is 18.0 Å². The first-order chi connectivity index (χ1) is 10.3. The number of aromatic nitrogens is 4. The predicted molar refractivity (Wildman–Crippen MR) is 78.1 cm³/mol. The minimum Gasteiger partial charge on any atom is -0.356 e. The molecule has 21 heavy (non-hydrogen) atoms. The van der Waals surface area contributed by atoms with Crippen LogP contribution in [0, 0.1) is 5.82 Å². The standard InChI is InChI=1S/C15H14FN5/c16-11-3-5-12(6-4-11)21-15-13(9-19-21)14(17-10-18-15)20-7-1-2-8-20/h3-6,9-10H,1-2,7-8H2. The highest BCUT2D eigenvalue weighted by molar-refractivity contribution is 5.87. The Hall–Kier alpha value is -2.50. The second-order valence-electron chi connectivity index (χ2n) is 5.16. The van der Waals surface area contributed by atoms with Gasteiger partial charge in [-0.15, -0.1) is 0 Å². The summed E-state index contributed by atoms with van der Waals surface area (Å²) in [5.41, 5.74) is 1.54. The molecule has 3 heterocycles. The summed E-state index contributed by atoms with van der Waals surface area (Å²) in [5, 5.41) is 5.33. The van der Waals surface area contributed by atoms with Gasteiger partial charge in [-0.2, -0.15) is 5.10 Å². The maximum absolute atomic E-state index is 13.0. The van der Waals surface area contributed by atoms with Crippen molar-refractivity contribution in [1.82, 2.24) is 19.7 Å². The SMILES string of the molecule is Fc1ccc(-n2ncc3c(N4CCCC4)ncnc32)cc1. The summed E-state index contributed by atoms with van der Waals surface area (Å²) in [5.74, 6) is 0.674. The lowest BCUT2D eigenvalue weighted by Gasteiger charge is -2.16. The van der Waals surface area contributed by atoms with Gasteiger partial charge in [0.05, 0.1) is 17.3 Å². The van der Waals surface area contributed by atoms with E-state index in [0.717, 1.165) is 35.6 Å². The lowest BCUT2D eigenvalue weighted by Crippen LogP contribution is -2.19. The molecular formula is C15H14FN5. The van der Waals surface area contributed by atoms with Crippen LogP contribution in [0.2, 0.25) is 0 Å². The van der Waals surface area contributed by atoms with E-state index in [1.807, 2.05) is 0 Å². The third kappa shape index (κ3) is 2.03. The van der Waals surface area contributed by atoms with Gasteiger partial charge in [-0.05, 0) is 37.1 Å². The zero-order valence-corrected chi connectivity index (χ0v) is 11.4. The zero-order valence-electron chi connectivity index (χ0n) is 11.4. The summed E-state index contributed by atoms with van der Waals surface area (Å²) in [7, 11) is 0. The first-order valence-corrected chi connectivity index (χ1v) is 7.02. The van der Waals surface area contributed by atoms with E-state index in [-0.39, 0.29) is 5.82 Å². The van der Waals surface area contributed by atoms with Gasteiger partial charge >= 0.3 is 0 Å². The van der Waals surface area contributed by atoms with Crippen LogP contribution in [0.15, 0.2) is 36.8 Å². The van der Waals surface area contributed by atoms with Gasteiger partial charge < -0.3 is 4.90 Å². The Morgan fingerprint density at radius 1 is 1.00 bits per heavy atom. The number of hydrogen-bond donors (Lipinski definition) is 0. The molecule has 3 aromatic rings. The number of halogens is 1. The minimum atomic E-state index is -0.261. The summed E-state index contributed by atoms with van der Waals surface area (Å²) >= 11 is 0. The highest BCUT2D eigenvalue weighted by Crippen LogP contribution is 2.26. The van der Waals surface area contributed by atoms with E-state index in [9.17, 15) is 4.39 Å². The fourth-order valence-corrected chi connectivity index (χ4v) is 2.78. The fourth-order valence-electron chi connectivity index (χ4n) is 2.78. The van der Waals surface area contributed by atoms with Gasteiger partial charge in [-0.25, -0.2) is 19.0 Å². The smallest absolute Gasteiger partial charge is 0.168 e. The number of fused-ring (bicyclic) bond motifs is 1. The first-order valence-electron chi connectivity index (χ1n) is 7.02. The second kappa shape index (κ2) is 4.80. The molecule has 0 saturated carbocycles. The normalized spacial score (nSPS) is 15.0. The average Bonchev–Trinajstić information content (AvgIpc) is 3.17. The maximum Gasteiger partial charge on any atom is 0.168 e. The monoisotopic (exact) mass is 283 g/mol. The van der Waals surface area contributed by atoms with Gasteiger partial charge in [0.25, 0.3) is 0 Å². The molecule has 0 bridgehead atoms. The van der Waals surface area contributed by atoms with Gasteiger partial charge in [0, 0.05) is 13.1 Å². The molecule has 1 saturated heterocycles. The van der Waals surface area contributed by atoms with Gasteiger partial charge in [0.1, 0.15) is 18.0 Å². The van der Waals surface area contributed by atoms with Crippen LogP contribution in [-0.2, 0) is 0 Å². The average molecular weight is 283 g/mol. The lowest BCUT2D eigenvalue weighted by molar-refractivity contribution is 0.627. The zero-order chi connectivity index (χ0) is 14.2. The third-order valence-electron chi connectivity index (χ3n) is 3.82. The first kappa shape index (κ1) is 12.3. The molecule has 0 spiro atoms. The van der Waals surface area contributed by atoms with E-state index in [1.54, 1.807) is 29.3 Å². The van der Waals surface area contributed by atoms with Crippen LogP contribution in [0.25, 0.3) is 16.7 Å². The predicted octanol–water partition coefficient (Wildman–Crippen LogP) is 2.55. The summed E-state index contributed by atoms with van der Waals surface area (Å²) in [6.07, 6.45) is 5.74. The van der Waals surface area contributed by atoms with Crippen LogP contribution >= 0.6 is 0 Å². The van der Waals surface area contributed by atoms with E-state index >= 15 is 0 Å². The van der Waals surface area contributed by atoms with Crippen molar-refractivity contribution in [3.63, 3.8) is 0 Å². The van der Waals surface area contributed by atoms with Gasteiger partial charge in [0.15, 0.2) is 5.65 Å². The van der Waals surface area contributed by atoms with E-state index in [2.05, 4.69) is 20.0 Å². The van der Waals surface area contributed by atoms with E-state index in [0.29, 0.717) is 0 Å². The molecule has 5 nitrogen and oxygen atoms in total. The van der Waals surface area contributed by atoms with Gasteiger partial charge in [-0.1, -0.05) is 0 Å². The van der Waals surface area contributed by atoms with Crippen molar-refractivity contribution in [2.24, 2.45) is 0 Å². The molecule has 4 rings (SSSR count). The molecule has 1 aliphatic heterocycles. The van der Waals surface area contributed by atoms with Gasteiger partial charge in [0.2, 0.25) is 0 Å². The Morgan fingerprint density at radius 3 is 2.52 bits per heavy atom. The Bertz CT molecular complexity index is 774. The Kier molecular flexibility index (Phi) is 2.80. The molecule has 0 radical (unpaired) electrons. The Labute approximate surface area is 121 Å². The van der Waals surface area contributed by atoms with Crippen molar-refractivity contribution in [2.45, 2.75) is 12.8 Å². The topological polar surface area (TPSA) is 46.8 Å². The van der Waals surface area contributed by atoms with E-state index in [4.69, 9.17) is 0 Å². The maximum atomic E-state index is 13.0. The Morgan fingerprint density at radius 2 is 1.76 bits per heavy atom. The second-order valence-corrected chi connectivity index (χ2v) is 5.16. The fraction of sp³-hybridized carbons (Fsp3) is 0.267.